The van der Waals surface area contributed by atoms with Crippen LogP contribution in [-0.2, 0) is 0 Å². The number of hydrogen-bond acceptors (Lipinski definition) is 3. The standard InChI is InChI=1S/C16H26N2O/c1-13(2)19-15-7-5-14(6-8-15)16(17)9-12-18-10-3-4-11-18/h5-8,13,16H,3-4,9-12,17H2,1-2H3. The third-order valence-electron chi connectivity index (χ3n) is 3.64. The van der Waals surface area contributed by atoms with Crippen LogP contribution in [0.2, 0.25) is 0 Å². The molecule has 0 aromatic heterocycles. The van der Waals surface area contributed by atoms with Crippen molar-refractivity contribution in [2.45, 2.75) is 45.3 Å². The second-order valence-electron chi connectivity index (χ2n) is 5.68. The Morgan fingerprint density at radius 1 is 1.16 bits per heavy atom. The average molecular weight is 262 g/mol. The molecule has 1 atom stereocenters. The molecule has 0 bridgehead atoms. The molecule has 1 aromatic carbocycles. The van der Waals surface area contributed by atoms with E-state index in [4.69, 9.17) is 10.5 Å². The molecule has 1 unspecified atom stereocenters. The Labute approximate surface area is 116 Å². The second kappa shape index (κ2) is 6.92. The van der Waals surface area contributed by atoms with E-state index in [-0.39, 0.29) is 12.1 Å². The van der Waals surface area contributed by atoms with Gasteiger partial charge < -0.3 is 15.4 Å². The highest BCUT2D eigenvalue weighted by Crippen LogP contribution is 2.20. The summed E-state index contributed by atoms with van der Waals surface area (Å²) in [6.45, 7) is 7.68. The zero-order valence-corrected chi connectivity index (χ0v) is 12.1. The van der Waals surface area contributed by atoms with Crippen molar-refractivity contribution < 1.29 is 4.74 Å². The molecule has 0 saturated carbocycles. The number of likely N-dealkylation sites (tertiary alicyclic amines) is 1. The zero-order valence-electron chi connectivity index (χ0n) is 12.1. The van der Waals surface area contributed by atoms with Gasteiger partial charge in [0.25, 0.3) is 0 Å². The molecular weight excluding hydrogens is 236 g/mol. The summed E-state index contributed by atoms with van der Waals surface area (Å²) in [5.74, 6) is 0.922. The third kappa shape index (κ3) is 4.51. The van der Waals surface area contributed by atoms with Crippen molar-refractivity contribution in [2.24, 2.45) is 5.73 Å². The fourth-order valence-corrected chi connectivity index (χ4v) is 2.56. The number of benzene rings is 1. The fraction of sp³-hybridized carbons (Fsp3) is 0.625. The van der Waals surface area contributed by atoms with Crippen LogP contribution in [0.4, 0.5) is 0 Å². The van der Waals surface area contributed by atoms with E-state index in [1.165, 1.54) is 31.5 Å². The number of ether oxygens (including phenoxy) is 1. The van der Waals surface area contributed by atoms with Crippen LogP contribution in [0.5, 0.6) is 5.75 Å². The maximum absolute atomic E-state index is 6.26. The van der Waals surface area contributed by atoms with E-state index in [9.17, 15) is 0 Å². The third-order valence-corrected chi connectivity index (χ3v) is 3.64. The van der Waals surface area contributed by atoms with Crippen LogP contribution in [0.15, 0.2) is 24.3 Å². The Balaban J connectivity index is 1.82. The predicted molar refractivity (Wildman–Crippen MR) is 79.4 cm³/mol. The summed E-state index contributed by atoms with van der Waals surface area (Å²) in [6, 6.07) is 8.35. The minimum absolute atomic E-state index is 0.133. The molecule has 1 fully saturated rings. The van der Waals surface area contributed by atoms with Crippen molar-refractivity contribution in [1.82, 2.24) is 4.90 Å². The normalized spacial score (nSPS) is 17.9. The first-order chi connectivity index (χ1) is 9.15. The molecule has 2 rings (SSSR count). The quantitative estimate of drug-likeness (QED) is 0.856. The van der Waals surface area contributed by atoms with Crippen molar-refractivity contribution in [2.75, 3.05) is 19.6 Å². The lowest BCUT2D eigenvalue weighted by molar-refractivity contribution is 0.242. The van der Waals surface area contributed by atoms with Gasteiger partial charge in [0.1, 0.15) is 5.75 Å². The van der Waals surface area contributed by atoms with Crippen LogP contribution < -0.4 is 10.5 Å². The molecule has 0 radical (unpaired) electrons. The van der Waals surface area contributed by atoms with Crippen LogP contribution in [0.1, 0.15) is 44.7 Å². The first-order valence-corrected chi connectivity index (χ1v) is 7.39. The van der Waals surface area contributed by atoms with Crippen molar-refractivity contribution in [1.29, 1.82) is 0 Å². The molecule has 19 heavy (non-hydrogen) atoms. The molecule has 0 spiro atoms. The average Bonchev–Trinajstić information content (AvgIpc) is 2.89. The van der Waals surface area contributed by atoms with Gasteiger partial charge in [-0.05, 0) is 70.4 Å². The summed E-state index contributed by atoms with van der Waals surface area (Å²) in [5, 5.41) is 0. The summed E-state index contributed by atoms with van der Waals surface area (Å²) in [5.41, 5.74) is 7.46. The fourth-order valence-electron chi connectivity index (χ4n) is 2.56. The van der Waals surface area contributed by atoms with Gasteiger partial charge in [0, 0.05) is 6.04 Å². The first-order valence-electron chi connectivity index (χ1n) is 7.39. The minimum Gasteiger partial charge on any atom is -0.491 e. The van der Waals surface area contributed by atoms with Crippen molar-refractivity contribution in [3.63, 3.8) is 0 Å². The maximum Gasteiger partial charge on any atom is 0.119 e. The molecule has 1 saturated heterocycles. The lowest BCUT2D eigenvalue weighted by Gasteiger charge is -2.18. The number of hydrogen-bond donors (Lipinski definition) is 1. The van der Waals surface area contributed by atoms with Crippen molar-refractivity contribution >= 4 is 0 Å². The molecule has 1 heterocycles. The van der Waals surface area contributed by atoms with Crippen LogP contribution in [-0.4, -0.2) is 30.6 Å². The Morgan fingerprint density at radius 2 is 1.79 bits per heavy atom. The van der Waals surface area contributed by atoms with E-state index < -0.39 is 0 Å². The molecule has 0 aliphatic carbocycles. The van der Waals surface area contributed by atoms with Gasteiger partial charge in [-0.15, -0.1) is 0 Å². The van der Waals surface area contributed by atoms with Gasteiger partial charge in [-0.25, -0.2) is 0 Å². The Hall–Kier alpha value is -1.06. The van der Waals surface area contributed by atoms with Crippen LogP contribution in [0.25, 0.3) is 0 Å². The molecule has 0 amide bonds. The van der Waals surface area contributed by atoms with E-state index in [2.05, 4.69) is 17.0 Å². The highest BCUT2D eigenvalue weighted by atomic mass is 16.5. The van der Waals surface area contributed by atoms with Gasteiger partial charge >= 0.3 is 0 Å². The molecule has 2 N–H and O–H groups in total. The van der Waals surface area contributed by atoms with Gasteiger partial charge in [-0.2, -0.15) is 0 Å². The molecule has 1 aliphatic heterocycles. The van der Waals surface area contributed by atoms with Gasteiger partial charge in [-0.1, -0.05) is 12.1 Å². The van der Waals surface area contributed by atoms with E-state index in [1.807, 2.05) is 26.0 Å². The minimum atomic E-state index is 0.133. The Bertz CT molecular complexity index is 369. The zero-order chi connectivity index (χ0) is 13.7. The molecule has 1 aromatic rings. The summed E-state index contributed by atoms with van der Waals surface area (Å²) in [4.78, 5) is 2.51. The summed E-state index contributed by atoms with van der Waals surface area (Å²) >= 11 is 0. The van der Waals surface area contributed by atoms with Crippen LogP contribution >= 0.6 is 0 Å². The summed E-state index contributed by atoms with van der Waals surface area (Å²) < 4.78 is 5.64. The summed E-state index contributed by atoms with van der Waals surface area (Å²) in [6.07, 6.45) is 3.94. The van der Waals surface area contributed by atoms with Crippen molar-refractivity contribution in [3.05, 3.63) is 29.8 Å². The Kier molecular flexibility index (Phi) is 5.23. The number of nitrogens with two attached hydrogens (primary N) is 1. The van der Waals surface area contributed by atoms with E-state index in [0.717, 1.165) is 18.7 Å². The van der Waals surface area contributed by atoms with E-state index >= 15 is 0 Å². The predicted octanol–water partition coefficient (Wildman–Crippen LogP) is 2.96. The molecule has 3 nitrogen and oxygen atoms in total. The molecular formula is C16H26N2O. The van der Waals surface area contributed by atoms with Crippen LogP contribution in [0.3, 0.4) is 0 Å². The maximum atomic E-state index is 6.26. The number of rotatable bonds is 6. The Morgan fingerprint density at radius 3 is 2.37 bits per heavy atom. The lowest BCUT2D eigenvalue weighted by Crippen LogP contribution is -2.24. The smallest absolute Gasteiger partial charge is 0.119 e. The van der Waals surface area contributed by atoms with E-state index in [0.29, 0.717) is 0 Å². The molecule has 1 aliphatic rings. The first kappa shape index (κ1) is 14.4. The van der Waals surface area contributed by atoms with Gasteiger partial charge in [-0.3, -0.25) is 0 Å². The SMILES string of the molecule is CC(C)Oc1ccc(C(N)CCN2CCCC2)cc1. The highest BCUT2D eigenvalue weighted by Gasteiger charge is 2.13. The summed E-state index contributed by atoms with van der Waals surface area (Å²) in [7, 11) is 0. The van der Waals surface area contributed by atoms with Crippen molar-refractivity contribution in [3.8, 4) is 5.75 Å². The van der Waals surface area contributed by atoms with E-state index in [1.54, 1.807) is 0 Å². The largest absolute Gasteiger partial charge is 0.491 e. The monoisotopic (exact) mass is 262 g/mol. The topological polar surface area (TPSA) is 38.5 Å². The second-order valence-corrected chi connectivity index (χ2v) is 5.68. The van der Waals surface area contributed by atoms with Gasteiger partial charge in [0.2, 0.25) is 0 Å². The number of nitrogens with zero attached hydrogens (tertiary/aromatic N) is 1. The van der Waals surface area contributed by atoms with Crippen LogP contribution in [0, 0.1) is 0 Å². The molecule has 3 heteroatoms. The highest BCUT2D eigenvalue weighted by molar-refractivity contribution is 5.29. The molecule has 106 valence electrons. The van der Waals surface area contributed by atoms with Gasteiger partial charge in [0.15, 0.2) is 0 Å². The lowest BCUT2D eigenvalue weighted by atomic mass is 10.0. The van der Waals surface area contributed by atoms with Gasteiger partial charge in [0.05, 0.1) is 6.10 Å².